The number of nitrogens with two attached hydrogens (primary N) is 1. The highest BCUT2D eigenvalue weighted by atomic mass is 16.5. The molecule has 3 saturated carbocycles. The molecule has 9 heteroatoms. The zero-order valence-corrected chi connectivity index (χ0v) is 33.5. The molecule has 3 N–H and O–H groups in total. The molecule has 2 bridgehead atoms. The number of carbonyl (C=O) groups is 1. The van der Waals surface area contributed by atoms with Gasteiger partial charge in [-0.15, -0.1) is 0 Å². The van der Waals surface area contributed by atoms with Gasteiger partial charge in [0, 0.05) is 34.3 Å². The van der Waals surface area contributed by atoms with Gasteiger partial charge in [0.05, 0.1) is 37.9 Å². The Morgan fingerprint density at radius 2 is 1.87 bits per heavy atom. The van der Waals surface area contributed by atoms with Gasteiger partial charge in [-0.05, 0) is 103 Å². The van der Waals surface area contributed by atoms with E-state index >= 15 is 0 Å². The van der Waals surface area contributed by atoms with Crippen LogP contribution in [0.5, 0.6) is 0 Å². The molecule has 1 saturated heterocycles. The van der Waals surface area contributed by atoms with Gasteiger partial charge < -0.3 is 20.3 Å². The van der Waals surface area contributed by atoms with Gasteiger partial charge in [0.1, 0.15) is 6.33 Å². The number of fused-ring (bicyclic) bond motifs is 3. The lowest BCUT2D eigenvalue weighted by atomic mass is 9.34. The van der Waals surface area contributed by atoms with Gasteiger partial charge >= 0.3 is 5.97 Å². The van der Waals surface area contributed by atoms with Crippen LogP contribution in [0.2, 0.25) is 0 Å². The van der Waals surface area contributed by atoms with Crippen molar-refractivity contribution < 1.29 is 19.4 Å². The Hall–Kier alpha value is -2.62. The predicted octanol–water partition coefficient (Wildman–Crippen LogP) is 8.23. The summed E-state index contributed by atoms with van der Waals surface area (Å²) in [5, 5.41) is 16.1. The molecule has 0 radical (unpaired) electrons. The average molecular weight is 716 g/mol. The summed E-state index contributed by atoms with van der Waals surface area (Å²) in [6.45, 7) is 24.4. The van der Waals surface area contributed by atoms with Crippen LogP contribution in [0.15, 0.2) is 42.5 Å². The summed E-state index contributed by atoms with van der Waals surface area (Å²) in [5.74, 6) is 1.36. The largest absolute Gasteiger partial charge is 0.481 e. The summed E-state index contributed by atoms with van der Waals surface area (Å²) in [5.41, 5.74) is 7.50. The van der Waals surface area contributed by atoms with E-state index in [0.717, 1.165) is 49.9 Å². The van der Waals surface area contributed by atoms with Gasteiger partial charge in [-0.1, -0.05) is 74.0 Å². The SMILES string of the molecule is CC(C)[C@@H](C)[C@@]1(C)CC[C@]2(C)[C@H]3CC[C@@H]4C5(COC[C@]4(C)[C@@H](OC[C@](C)(N)C(C)C)[C@H](n4ncnc4-c4cccnc4)C5)C3=CC[C@@]2(C)[C@@H]1C(=O)O. The number of ether oxygens (including phenoxy) is 2. The molecule has 4 fully saturated rings. The molecule has 12 atom stereocenters. The number of carboxylic acid groups (broad SMARTS) is 1. The van der Waals surface area contributed by atoms with E-state index in [0.29, 0.717) is 37.6 Å². The van der Waals surface area contributed by atoms with E-state index in [1.165, 1.54) is 5.57 Å². The van der Waals surface area contributed by atoms with E-state index in [2.05, 4.69) is 85.0 Å². The minimum atomic E-state index is -0.624. The molecule has 0 aromatic carbocycles. The minimum absolute atomic E-state index is 0.111. The number of allylic oxidation sites excluding steroid dienone is 1. The first-order valence-corrected chi connectivity index (χ1v) is 20.1. The molecule has 1 aliphatic heterocycles. The first kappa shape index (κ1) is 37.7. The number of pyridine rings is 1. The Kier molecular flexibility index (Phi) is 9.22. The fourth-order valence-corrected chi connectivity index (χ4v) is 12.8. The quantitative estimate of drug-likeness (QED) is 0.249. The highest BCUT2D eigenvalue weighted by Crippen LogP contribution is 2.75. The number of nitrogens with zero attached hydrogens (tertiary/aromatic N) is 4. The van der Waals surface area contributed by atoms with Gasteiger partial charge in [-0.25, -0.2) is 9.67 Å². The number of carboxylic acids is 1. The number of aromatic nitrogens is 4. The third kappa shape index (κ3) is 5.25. The molecule has 4 aliphatic carbocycles. The van der Waals surface area contributed by atoms with Gasteiger partial charge in [0.2, 0.25) is 0 Å². The Labute approximate surface area is 311 Å². The minimum Gasteiger partial charge on any atom is -0.481 e. The molecule has 52 heavy (non-hydrogen) atoms. The Bertz CT molecular complexity index is 1690. The van der Waals surface area contributed by atoms with Crippen molar-refractivity contribution in [2.75, 3.05) is 19.8 Å². The first-order valence-electron chi connectivity index (χ1n) is 20.1. The van der Waals surface area contributed by atoms with Crippen molar-refractivity contribution in [3.8, 4) is 11.4 Å². The fourth-order valence-electron chi connectivity index (χ4n) is 12.8. The van der Waals surface area contributed by atoms with E-state index in [-0.39, 0.29) is 51.1 Å². The van der Waals surface area contributed by atoms with Crippen LogP contribution in [0, 0.1) is 62.6 Å². The van der Waals surface area contributed by atoms with Crippen molar-refractivity contribution in [3.63, 3.8) is 0 Å². The van der Waals surface area contributed by atoms with Gasteiger partial charge in [-0.2, -0.15) is 5.10 Å². The fraction of sp³-hybridized carbons (Fsp3) is 0.767. The van der Waals surface area contributed by atoms with Crippen LogP contribution in [-0.2, 0) is 14.3 Å². The second-order valence-electron chi connectivity index (χ2n) is 19.8. The topological polar surface area (TPSA) is 125 Å². The molecule has 2 aromatic rings. The van der Waals surface area contributed by atoms with E-state index < -0.39 is 17.4 Å². The van der Waals surface area contributed by atoms with Crippen LogP contribution >= 0.6 is 0 Å². The van der Waals surface area contributed by atoms with Crippen LogP contribution in [0.4, 0.5) is 0 Å². The Morgan fingerprint density at radius 1 is 1.12 bits per heavy atom. The van der Waals surface area contributed by atoms with Crippen molar-refractivity contribution in [3.05, 3.63) is 42.5 Å². The zero-order chi connectivity index (χ0) is 37.6. The lowest BCUT2D eigenvalue weighted by Gasteiger charge is -2.71. The van der Waals surface area contributed by atoms with Crippen molar-refractivity contribution >= 4 is 5.97 Å². The second kappa shape index (κ2) is 12.7. The van der Waals surface area contributed by atoms with Crippen LogP contribution in [0.1, 0.15) is 114 Å². The van der Waals surface area contributed by atoms with Crippen LogP contribution in [0.3, 0.4) is 0 Å². The summed E-state index contributed by atoms with van der Waals surface area (Å²) in [4.78, 5) is 22.8. The van der Waals surface area contributed by atoms with Crippen LogP contribution in [0.25, 0.3) is 11.4 Å². The monoisotopic (exact) mass is 716 g/mol. The van der Waals surface area contributed by atoms with E-state index in [1.54, 1.807) is 12.5 Å². The number of hydrogen-bond acceptors (Lipinski definition) is 7. The summed E-state index contributed by atoms with van der Waals surface area (Å²) in [7, 11) is 0. The molecule has 0 amide bonds. The molecule has 5 aliphatic rings. The summed E-state index contributed by atoms with van der Waals surface area (Å²) < 4.78 is 16.0. The standard InChI is InChI=1S/C43H65N5O4/c1-26(2)28(5)38(6)17-18-40(8)30-13-14-33-39(7)22-51-24-43(33,31(30)15-16-41(40,9)34(38)37(49)50)20-32(35(39)52-23-42(10,44)27(3)4)48-36(46-25-47-48)29-12-11-19-45-21-29/h11-12,15,19,21,25-28,30,32-35H,13-14,16-18,20,22-24,44H2,1-10H3,(H,49,50)/t28-,30+,32-,33+,34-,35+,38-,39+,40-,41+,42+,43?/m1/s1. The number of hydrogen-bond donors (Lipinski definition) is 2. The maximum Gasteiger partial charge on any atom is 0.307 e. The molecule has 7 rings (SSSR count). The zero-order valence-electron chi connectivity index (χ0n) is 33.5. The molecule has 286 valence electrons. The first-order chi connectivity index (χ1) is 24.4. The number of aliphatic carboxylic acids is 1. The second-order valence-corrected chi connectivity index (χ2v) is 19.8. The lowest BCUT2D eigenvalue weighted by Crippen LogP contribution is -2.69. The highest BCUT2D eigenvalue weighted by molar-refractivity contribution is 5.73. The van der Waals surface area contributed by atoms with Crippen molar-refractivity contribution in [2.45, 2.75) is 125 Å². The third-order valence-electron chi connectivity index (χ3n) is 16.8. The van der Waals surface area contributed by atoms with Crippen molar-refractivity contribution in [1.29, 1.82) is 0 Å². The van der Waals surface area contributed by atoms with E-state index in [1.807, 2.05) is 18.3 Å². The molecule has 2 aromatic heterocycles. The summed E-state index contributed by atoms with van der Waals surface area (Å²) in [6.07, 6.45) is 13.3. The Morgan fingerprint density at radius 3 is 2.52 bits per heavy atom. The lowest BCUT2D eigenvalue weighted by molar-refractivity contribution is -0.252. The molecular formula is C43H65N5O4. The highest BCUT2D eigenvalue weighted by Gasteiger charge is 2.72. The van der Waals surface area contributed by atoms with Crippen molar-refractivity contribution in [2.24, 2.45) is 68.3 Å². The van der Waals surface area contributed by atoms with Crippen LogP contribution < -0.4 is 5.73 Å². The van der Waals surface area contributed by atoms with Crippen LogP contribution in [-0.4, -0.2) is 62.3 Å². The molecule has 0 spiro atoms. The normalized spacial score (nSPS) is 41.7. The van der Waals surface area contributed by atoms with Gasteiger partial charge in [-0.3, -0.25) is 9.78 Å². The van der Waals surface area contributed by atoms with Gasteiger partial charge in [0.15, 0.2) is 5.82 Å². The third-order valence-corrected chi connectivity index (χ3v) is 16.8. The maximum atomic E-state index is 13.6. The van der Waals surface area contributed by atoms with Gasteiger partial charge in [0.25, 0.3) is 0 Å². The Balaban J connectivity index is 1.35. The smallest absolute Gasteiger partial charge is 0.307 e. The van der Waals surface area contributed by atoms with Crippen molar-refractivity contribution in [1.82, 2.24) is 19.7 Å². The maximum absolute atomic E-state index is 13.6. The van der Waals surface area contributed by atoms with E-state index in [4.69, 9.17) is 25.3 Å². The molecule has 9 nitrogen and oxygen atoms in total. The molecule has 1 unspecified atom stereocenters. The molecular weight excluding hydrogens is 651 g/mol. The van der Waals surface area contributed by atoms with E-state index in [9.17, 15) is 9.90 Å². The average Bonchev–Trinajstić information content (AvgIpc) is 3.58. The molecule has 3 heterocycles. The predicted molar refractivity (Wildman–Crippen MR) is 203 cm³/mol. The number of rotatable bonds is 9. The summed E-state index contributed by atoms with van der Waals surface area (Å²) >= 11 is 0. The summed E-state index contributed by atoms with van der Waals surface area (Å²) in [6, 6.07) is 3.88.